The lowest BCUT2D eigenvalue weighted by Gasteiger charge is -2.24. The van der Waals surface area contributed by atoms with E-state index in [4.69, 9.17) is 9.47 Å². The number of ether oxygens (including phenoxy) is 2. The molecule has 1 amide bonds. The molecule has 37 heavy (non-hydrogen) atoms. The van der Waals surface area contributed by atoms with Crippen molar-refractivity contribution in [3.05, 3.63) is 101 Å². The molecule has 4 rings (SSSR count). The molecule has 3 heterocycles. The number of amides is 1. The minimum absolute atomic E-state index is 0.0577. The van der Waals surface area contributed by atoms with Crippen molar-refractivity contribution in [3.63, 3.8) is 0 Å². The van der Waals surface area contributed by atoms with Crippen molar-refractivity contribution >= 4 is 22.9 Å². The Morgan fingerprint density at radius 1 is 1.14 bits per heavy atom. The molecule has 192 valence electrons. The van der Waals surface area contributed by atoms with Gasteiger partial charge in [-0.3, -0.25) is 4.90 Å². The Morgan fingerprint density at radius 3 is 2.49 bits per heavy atom. The summed E-state index contributed by atoms with van der Waals surface area (Å²) in [5.74, 6) is 0.436. The zero-order valence-electron chi connectivity index (χ0n) is 20.5. The van der Waals surface area contributed by atoms with Gasteiger partial charge in [-0.1, -0.05) is 24.8 Å². The number of nitrogens with zero attached hydrogens (tertiary/aromatic N) is 3. The number of aromatic amines is 1. The first-order chi connectivity index (χ1) is 17.6. The summed E-state index contributed by atoms with van der Waals surface area (Å²) in [5.41, 5.74) is 2.68. The van der Waals surface area contributed by atoms with Crippen molar-refractivity contribution in [3.8, 4) is 0 Å². The van der Waals surface area contributed by atoms with E-state index in [9.17, 15) is 18.0 Å². The first-order valence-electron chi connectivity index (χ1n) is 11.3. The minimum Gasteiger partial charge on any atom is -0.415 e. The van der Waals surface area contributed by atoms with Gasteiger partial charge in [-0.15, -0.1) is 0 Å². The zero-order valence-corrected chi connectivity index (χ0v) is 20.5. The number of pyridine rings is 2. The number of hydrogen-bond donors (Lipinski definition) is 1. The van der Waals surface area contributed by atoms with Gasteiger partial charge in [0.2, 0.25) is 0 Å². The number of anilines is 1. The van der Waals surface area contributed by atoms with Crippen molar-refractivity contribution < 1.29 is 27.4 Å². The second-order valence-electron chi connectivity index (χ2n) is 8.45. The monoisotopic (exact) mass is 510 g/mol. The smallest absolute Gasteiger partial charge is 0.415 e. The predicted molar refractivity (Wildman–Crippen MR) is 133 cm³/mol. The molecule has 0 aliphatic rings. The van der Waals surface area contributed by atoms with Gasteiger partial charge < -0.3 is 14.5 Å². The number of alkyl halides is 3. The first kappa shape index (κ1) is 25.9. The maximum atomic E-state index is 13.0. The fourth-order valence-electron chi connectivity index (χ4n) is 4.03. The molecule has 1 atom stereocenters. The molecular formula is C27H25F3N4O3. The molecule has 0 fully saturated rings. The van der Waals surface area contributed by atoms with Gasteiger partial charge in [0.15, 0.2) is 0 Å². The quantitative estimate of drug-likeness (QED) is 0.280. The number of carbonyl (C=O) groups excluding carboxylic acids is 1. The maximum absolute atomic E-state index is 13.0. The highest BCUT2D eigenvalue weighted by molar-refractivity contribution is 5.87. The van der Waals surface area contributed by atoms with Crippen molar-refractivity contribution in [1.29, 1.82) is 0 Å². The summed E-state index contributed by atoms with van der Waals surface area (Å²) in [6, 6.07) is 11.8. The SMILES string of the molecule is C=C(C)OC(=O)N(Cc1ccc(C(F)(F)F)cc1)c1ccc(C(OC)c2c[nH]c3ncccc23)c(C)n1. The van der Waals surface area contributed by atoms with E-state index in [2.05, 4.69) is 21.5 Å². The summed E-state index contributed by atoms with van der Waals surface area (Å²) in [4.78, 5) is 26.2. The Kier molecular flexibility index (Phi) is 7.30. The molecule has 1 unspecified atom stereocenters. The van der Waals surface area contributed by atoms with E-state index in [0.717, 1.165) is 34.3 Å². The Morgan fingerprint density at radius 2 is 1.86 bits per heavy atom. The van der Waals surface area contributed by atoms with E-state index in [1.807, 2.05) is 18.3 Å². The van der Waals surface area contributed by atoms with Crippen LogP contribution in [0, 0.1) is 6.92 Å². The summed E-state index contributed by atoms with van der Waals surface area (Å²) >= 11 is 0. The van der Waals surface area contributed by atoms with Gasteiger partial charge in [0.1, 0.15) is 17.6 Å². The highest BCUT2D eigenvalue weighted by Crippen LogP contribution is 2.33. The number of halogens is 3. The molecule has 3 aromatic heterocycles. The summed E-state index contributed by atoms with van der Waals surface area (Å²) in [6.07, 6.45) is -2.13. The third kappa shape index (κ3) is 5.64. The van der Waals surface area contributed by atoms with Crippen LogP contribution in [0.15, 0.2) is 73.3 Å². The number of rotatable bonds is 7. The Hall–Kier alpha value is -4.18. The van der Waals surface area contributed by atoms with Crippen molar-refractivity contribution in [2.75, 3.05) is 12.0 Å². The first-order valence-corrected chi connectivity index (χ1v) is 11.3. The molecule has 0 radical (unpaired) electrons. The van der Waals surface area contributed by atoms with Crippen LogP contribution in [0.25, 0.3) is 11.0 Å². The molecule has 1 N–H and O–H groups in total. The summed E-state index contributed by atoms with van der Waals surface area (Å²) in [5, 5.41) is 0.909. The average molecular weight is 511 g/mol. The number of nitrogens with one attached hydrogen (secondary N) is 1. The number of fused-ring (bicyclic) bond motifs is 1. The lowest BCUT2D eigenvalue weighted by atomic mass is 10.00. The van der Waals surface area contributed by atoms with Crippen LogP contribution in [0.2, 0.25) is 0 Å². The van der Waals surface area contributed by atoms with Crippen LogP contribution in [0.4, 0.5) is 23.8 Å². The lowest BCUT2D eigenvalue weighted by Crippen LogP contribution is -2.31. The van der Waals surface area contributed by atoms with Crippen molar-refractivity contribution in [2.24, 2.45) is 0 Å². The van der Waals surface area contributed by atoms with Crippen LogP contribution < -0.4 is 4.90 Å². The van der Waals surface area contributed by atoms with Gasteiger partial charge >= 0.3 is 12.3 Å². The zero-order chi connectivity index (χ0) is 26.7. The average Bonchev–Trinajstić information content (AvgIpc) is 3.27. The van der Waals surface area contributed by atoms with Crippen molar-refractivity contribution in [1.82, 2.24) is 15.0 Å². The van der Waals surface area contributed by atoms with E-state index in [1.165, 1.54) is 24.0 Å². The largest absolute Gasteiger partial charge is 0.420 e. The van der Waals surface area contributed by atoms with E-state index in [-0.39, 0.29) is 18.1 Å². The summed E-state index contributed by atoms with van der Waals surface area (Å²) in [6.45, 7) is 6.85. The molecule has 0 aliphatic heterocycles. The topological polar surface area (TPSA) is 80.3 Å². The number of aromatic nitrogens is 3. The maximum Gasteiger partial charge on any atom is 0.420 e. The fraction of sp³-hybridized carbons (Fsp3) is 0.222. The second-order valence-corrected chi connectivity index (χ2v) is 8.45. The highest BCUT2D eigenvalue weighted by Gasteiger charge is 2.30. The Bertz CT molecular complexity index is 1430. The predicted octanol–water partition coefficient (Wildman–Crippen LogP) is 6.70. The number of aryl methyl sites for hydroxylation is 1. The van der Waals surface area contributed by atoms with Gasteiger partial charge in [-0.05, 0) is 49.7 Å². The molecule has 0 bridgehead atoms. The van der Waals surface area contributed by atoms with Crippen molar-refractivity contribution in [2.45, 2.75) is 32.7 Å². The number of methoxy groups -OCH3 is 1. The van der Waals surface area contributed by atoms with Crippen LogP contribution in [0.1, 0.15) is 41.0 Å². The van der Waals surface area contributed by atoms with E-state index < -0.39 is 23.9 Å². The van der Waals surface area contributed by atoms with Crippen LogP contribution >= 0.6 is 0 Å². The van der Waals surface area contributed by atoms with Crippen LogP contribution in [-0.2, 0) is 22.2 Å². The molecule has 7 nitrogen and oxygen atoms in total. The number of benzene rings is 1. The van der Waals surface area contributed by atoms with E-state index >= 15 is 0 Å². The fourth-order valence-corrected chi connectivity index (χ4v) is 4.03. The number of H-pyrrole nitrogens is 1. The van der Waals surface area contributed by atoms with Gasteiger partial charge in [-0.2, -0.15) is 13.2 Å². The normalized spacial score (nSPS) is 12.4. The molecule has 0 saturated carbocycles. The molecule has 1 aromatic carbocycles. The number of carbonyl (C=O) groups is 1. The second kappa shape index (κ2) is 10.4. The standard InChI is InChI=1S/C27H25F3N4O3/c1-16(2)37-26(35)34(15-18-7-9-19(10-8-18)27(28,29)30)23-12-11-20(17(3)33-23)24(36-4)22-14-32-25-21(22)6-5-13-31-25/h5-14,24H,1,15H2,2-4H3,(H,31,32). The van der Waals surface area contributed by atoms with E-state index in [1.54, 1.807) is 32.4 Å². The van der Waals surface area contributed by atoms with Gasteiger partial charge in [-0.25, -0.2) is 14.8 Å². The lowest BCUT2D eigenvalue weighted by molar-refractivity contribution is -0.137. The molecule has 0 spiro atoms. The highest BCUT2D eigenvalue weighted by atomic mass is 19.4. The third-order valence-electron chi connectivity index (χ3n) is 5.78. The van der Waals surface area contributed by atoms with Crippen LogP contribution in [-0.4, -0.2) is 28.2 Å². The minimum atomic E-state index is -4.45. The van der Waals surface area contributed by atoms with E-state index in [0.29, 0.717) is 11.3 Å². The summed E-state index contributed by atoms with van der Waals surface area (Å²) in [7, 11) is 1.59. The molecular weight excluding hydrogens is 485 g/mol. The molecule has 10 heteroatoms. The third-order valence-corrected chi connectivity index (χ3v) is 5.78. The Balaban J connectivity index is 1.67. The molecule has 0 saturated heterocycles. The van der Waals surface area contributed by atoms with Gasteiger partial charge in [0.25, 0.3) is 0 Å². The van der Waals surface area contributed by atoms with Gasteiger partial charge in [0, 0.05) is 41.7 Å². The number of allylic oxidation sites excluding steroid dienone is 1. The molecule has 0 aliphatic carbocycles. The Labute approximate surface area is 211 Å². The number of hydrogen-bond acceptors (Lipinski definition) is 5. The molecule has 4 aromatic rings. The van der Waals surface area contributed by atoms with Crippen LogP contribution in [0.3, 0.4) is 0 Å². The van der Waals surface area contributed by atoms with Crippen LogP contribution in [0.5, 0.6) is 0 Å². The summed E-state index contributed by atoms with van der Waals surface area (Å²) < 4.78 is 49.9. The van der Waals surface area contributed by atoms with Gasteiger partial charge in [0.05, 0.1) is 17.9 Å².